The summed E-state index contributed by atoms with van der Waals surface area (Å²) < 4.78 is 7.10. The van der Waals surface area contributed by atoms with Crippen LogP contribution in [0.15, 0.2) is 18.7 Å². The molecule has 2 heterocycles. The van der Waals surface area contributed by atoms with E-state index in [0.29, 0.717) is 32.7 Å². The van der Waals surface area contributed by atoms with E-state index in [9.17, 15) is 9.90 Å². The van der Waals surface area contributed by atoms with Gasteiger partial charge in [-0.15, -0.1) is 0 Å². The molecule has 1 amide bonds. The van der Waals surface area contributed by atoms with E-state index in [1.807, 2.05) is 10.8 Å². The Labute approximate surface area is 99.8 Å². The molecule has 6 heteroatoms. The zero-order valence-corrected chi connectivity index (χ0v) is 9.66. The zero-order valence-electron chi connectivity index (χ0n) is 9.66. The van der Waals surface area contributed by atoms with E-state index in [1.54, 1.807) is 17.4 Å². The molecule has 1 unspecified atom stereocenters. The average Bonchev–Trinajstić information content (AvgIpc) is 2.89. The molecule has 0 aromatic carbocycles. The Kier molecular flexibility index (Phi) is 4.11. The normalized spacial score (nSPS) is 20.5. The van der Waals surface area contributed by atoms with Gasteiger partial charge in [-0.2, -0.15) is 0 Å². The third-order valence-electron chi connectivity index (χ3n) is 2.90. The first-order valence-corrected chi connectivity index (χ1v) is 5.75. The van der Waals surface area contributed by atoms with Crippen LogP contribution in [-0.2, 0) is 16.1 Å². The summed E-state index contributed by atoms with van der Waals surface area (Å²) in [6.07, 6.45) is 5.63. The largest absolute Gasteiger partial charge is 0.394 e. The van der Waals surface area contributed by atoms with E-state index >= 15 is 0 Å². The van der Waals surface area contributed by atoms with Crippen molar-refractivity contribution in [2.24, 2.45) is 0 Å². The third-order valence-corrected chi connectivity index (χ3v) is 2.90. The van der Waals surface area contributed by atoms with Gasteiger partial charge in [-0.05, 0) is 0 Å². The SMILES string of the molecule is O=C(CCn1ccnc1)N1CCOCC1CO. The Morgan fingerprint density at radius 1 is 1.59 bits per heavy atom. The fourth-order valence-corrected chi connectivity index (χ4v) is 1.92. The summed E-state index contributed by atoms with van der Waals surface area (Å²) in [4.78, 5) is 17.6. The number of morpholine rings is 1. The average molecular weight is 239 g/mol. The molecule has 94 valence electrons. The second kappa shape index (κ2) is 5.79. The van der Waals surface area contributed by atoms with Crippen LogP contribution < -0.4 is 0 Å². The van der Waals surface area contributed by atoms with Crippen molar-refractivity contribution in [2.75, 3.05) is 26.4 Å². The van der Waals surface area contributed by atoms with Gasteiger partial charge in [0.05, 0.1) is 32.2 Å². The number of aliphatic hydroxyl groups excluding tert-OH is 1. The first-order chi connectivity index (χ1) is 8.31. The molecule has 1 aliphatic rings. The molecule has 17 heavy (non-hydrogen) atoms. The minimum absolute atomic E-state index is 0.0448. The Morgan fingerprint density at radius 2 is 2.47 bits per heavy atom. The highest BCUT2D eigenvalue weighted by atomic mass is 16.5. The number of carbonyl (C=O) groups excluding carboxylic acids is 1. The van der Waals surface area contributed by atoms with Crippen LogP contribution in [0.25, 0.3) is 0 Å². The molecule has 0 bridgehead atoms. The van der Waals surface area contributed by atoms with Crippen LogP contribution in [0.5, 0.6) is 0 Å². The molecule has 1 fully saturated rings. The topological polar surface area (TPSA) is 67.6 Å². The van der Waals surface area contributed by atoms with Crippen molar-refractivity contribution in [1.82, 2.24) is 14.5 Å². The Balaban J connectivity index is 1.85. The van der Waals surface area contributed by atoms with E-state index in [4.69, 9.17) is 4.74 Å². The van der Waals surface area contributed by atoms with Gasteiger partial charge in [0, 0.05) is 31.9 Å². The maximum Gasteiger partial charge on any atom is 0.224 e. The maximum absolute atomic E-state index is 12.0. The highest BCUT2D eigenvalue weighted by Crippen LogP contribution is 2.08. The van der Waals surface area contributed by atoms with Gasteiger partial charge in [0.25, 0.3) is 0 Å². The van der Waals surface area contributed by atoms with E-state index < -0.39 is 0 Å². The number of rotatable bonds is 4. The number of aromatic nitrogens is 2. The molecule has 1 aromatic heterocycles. The van der Waals surface area contributed by atoms with Crippen LogP contribution in [-0.4, -0.2) is 57.9 Å². The molecule has 1 aromatic rings. The number of imidazole rings is 1. The Bertz CT molecular complexity index is 353. The van der Waals surface area contributed by atoms with E-state index in [-0.39, 0.29) is 18.6 Å². The van der Waals surface area contributed by atoms with Crippen LogP contribution in [0.4, 0.5) is 0 Å². The molecular formula is C11H17N3O3. The molecule has 0 aliphatic carbocycles. The second-order valence-electron chi connectivity index (χ2n) is 4.05. The molecule has 0 spiro atoms. The van der Waals surface area contributed by atoms with Crippen molar-refractivity contribution in [1.29, 1.82) is 0 Å². The standard InChI is InChI=1S/C11H17N3O3/c15-7-10-8-17-6-5-14(10)11(16)1-3-13-4-2-12-9-13/h2,4,9-10,15H,1,3,5-8H2. The summed E-state index contributed by atoms with van der Waals surface area (Å²) >= 11 is 0. The molecule has 2 rings (SSSR count). The number of aliphatic hydroxyl groups is 1. The van der Waals surface area contributed by atoms with Gasteiger partial charge in [-0.25, -0.2) is 4.98 Å². The van der Waals surface area contributed by atoms with Gasteiger partial charge < -0.3 is 19.3 Å². The summed E-state index contributed by atoms with van der Waals surface area (Å²) in [7, 11) is 0. The number of hydrogen-bond donors (Lipinski definition) is 1. The van der Waals surface area contributed by atoms with E-state index in [0.717, 1.165) is 0 Å². The lowest BCUT2D eigenvalue weighted by atomic mass is 10.2. The van der Waals surface area contributed by atoms with Crippen LogP contribution in [0.2, 0.25) is 0 Å². The van der Waals surface area contributed by atoms with Gasteiger partial charge >= 0.3 is 0 Å². The van der Waals surface area contributed by atoms with Crippen molar-refractivity contribution in [3.05, 3.63) is 18.7 Å². The fourth-order valence-electron chi connectivity index (χ4n) is 1.92. The quantitative estimate of drug-likeness (QED) is 0.768. The fraction of sp³-hybridized carbons (Fsp3) is 0.636. The Hall–Kier alpha value is -1.40. The summed E-state index contributed by atoms with van der Waals surface area (Å²) in [5.74, 6) is 0.0565. The van der Waals surface area contributed by atoms with Crippen LogP contribution in [0, 0.1) is 0 Å². The van der Waals surface area contributed by atoms with Gasteiger partial charge in [0.1, 0.15) is 0 Å². The predicted molar refractivity (Wildman–Crippen MR) is 60.2 cm³/mol. The summed E-state index contributed by atoms with van der Waals surface area (Å²) in [6.45, 7) is 2.11. The van der Waals surface area contributed by atoms with Crippen LogP contribution >= 0.6 is 0 Å². The lowest BCUT2D eigenvalue weighted by Crippen LogP contribution is -2.50. The molecular weight excluding hydrogens is 222 g/mol. The molecule has 6 nitrogen and oxygen atoms in total. The molecule has 1 saturated heterocycles. The first kappa shape index (κ1) is 12.1. The first-order valence-electron chi connectivity index (χ1n) is 5.75. The minimum Gasteiger partial charge on any atom is -0.394 e. The number of ether oxygens (including phenoxy) is 1. The highest BCUT2D eigenvalue weighted by Gasteiger charge is 2.26. The molecule has 0 radical (unpaired) electrons. The van der Waals surface area contributed by atoms with Crippen molar-refractivity contribution >= 4 is 5.91 Å². The summed E-state index contributed by atoms with van der Waals surface area (Å²) in [5.41, 5.74) is 0. The van der Waals surface area contributed by atoms with Crippen molar-refractivity contribution in [2.45, 2.75) is 19.0 Å². The number of nitrogens with zero attached hydrogens (tertiary/aromatic N) is 3. The lowest BCUT2D eigenvalue weighted by Gasteiger charge is -2.34. The Morgan fingerprint density at radius 3 is 3.18 bits per heavy atom. The second-order valence-corrected chi connectivity index (χ2v) is 4.05. The number of amides is 1. The van der Waals surface area contributed by atoms with Gasteiger partial charge in [0.2, 0.25) is 5.91 Å². The molecule has 1 atom stereocenters. The van der Waals surface area contributed by atoms with E-state index in [1.165, 1.54) is 0 Å². The van der Waals surface area contributed by atoms with Crippen molar-refractivity contribution < 1.29 is 14.6 Å². The zero-order chi connectivity index (χ0) is 12.1. The number of hydrogen-bond acceptors (Lipinski definition) is 4. The van der Waals surface area contributed by atoms with Gasteiger partial charge in [-0.1, -0.05) is 0 Å². The van der Waals surface area contributed by atoms with Crippen LogP contribution in [0.3, 0.4) is 0 Å². The monoisotopic (exact) mass is 239 g/mol. The molecule has 1 N–H and O–H groups in total. The summed E-state index contributed by atoms with van der Waals surface area (Å²) in [6, 6.07) is -0.195. The van der Waals surface area contributed by atoms with Crippen molar-refractivity contribution in [3.8, 4) is 0 Å². The maximum atomic E-state index is 12.0. The molecule has 1 aliphatic heterocycles. The third kappa shape index (κ3) is 3.04. The minimum atomic E-state index is -0.195. The van der Waals surface area contributed by atoms with Crippen LogP contribution in [0.1, 0.15) is 6.42 Å². The lowest BCUT2D eigenvalue weighted by molar-refractivity contribution is -0.141. The number of aryl methyl sites for hydroxylation is 1. The summed E-state index contributed by atoms with van der Waals surface area (Å²) in [5, 5.41) is 9.17. The predicted octanol–water partition coefficient (Wildman–Crippen LogP) is -0.507. The molecule has 0 saturated carbocycles. The van der Waals surface area contributed by atoms with Crippen molar-refractivity contribution in [3.63, 3.8) is 0 Å². The van der Waals surface area contributed by atoms with E-state index in [2.05, 4.69) is 4.98 Å². The van der Waals surface area contributed by atoms with Gasteiger partial charge in [0.15, 0.2) is 0 Å². The van der Waals surface area contributed by atoms with Gasteiger partial charge in [-0.3, -0.25) is 4.79 Å². The number of carbonyl (C=O) groups is 1. The highest BCUT2D eigenvalue weighted by molar-refractivity contribution is 5.76. The smallest absolute Gasteiger partial charge is 0.224 e.